The predicted molar refractivity (Wildman–Crippen MR) is 74.7 cm³/mol. The summed E-state index contributed by atoms with van der Waals surface area (Å²) < 4.78 is 26.9. The van der Waals surface area contributed by atoms with Gasteiger partial charge in [0.25, 0.3) is 10.0 Å². The van der Waals surface area contributed by atoms with Crippen LogP contribution >= 0.6 is 11.6 Å². The Morgan fingerprint density at radius 2 is 2.16 bits per heavy atom. The SMILES string of the molecule is CCCN(CC1CC1)S(=O)(=O)c1n[nH]c(C)c1CCl. The van der Waals surface area contributed by atoms with Gasteiger partial charge in [0.05, 0.1) is 5.88 Å². The van der Waals surface area contributed by atoms with E-state index < -0.39 is 10.0 Å². The Balaban J connectivity index is 2.31. The van der Waals surface area contributed by atoms with Gasteiger partial charge in [0, 0.05) is 24.3 Å². The molecule has 1 aromatic heterocycles. The highest BCUT2D eigenvalue weighted by molar-refractivity contribution is 7.89. The van der Waals surface area contributed by atoms with Crippen LogP contribution in [0.1, 0.15) is 37.4 Å². The molecule has 5 nitrogen and oxygen atoms in total. The molecule has 7 heteroatoms. The molecular weight excluding hydrogens is 286 g/mol. The smallest absolute Gasteiger partial charge is 0.262 e. The molecule has 0 radical (unpaired) electrons. The van der Waals surface area contributed by atoms with Crippen LogP contribution in [-0.4, -0.2) is 36.0 Å². The van der Waals surface area contributed by atoms with Crippen molar-refractivity contribution < 1.29 is 8.42 Å². The Morgan fingerprint density at radius 3 is 2.68 bits per heavy atom. The van der Waals surface area contributed by atoms with E-state index in [1.807, 2.05) is 6.92 Å². The number of halogens is 1. The monoisotopic (exact) mass is 305 g/mol. The maximum Gasteiger partial charge on any atom is 0.262 e. The van der Waals surface area contributed by atoms with Gasteiger partial charge >= 0.3 is 0 Å². The van der Waals surface area contributed by atoms with Crippen LogP contribution in [0.2, 0.25) is 0 Å². The van der Waals surface area contributed by atoms with Crippen molar-refractivity contribution in [3.8, 4) is 0 Å². The third kappa shape index (κ3) is 3.12. The number of sulfonamides is 1. The molecule has 1 aliphatic rings. The molecule has 0 aliphatic heterocycles. The van der Waals surface area contributed by atoms with Crippen molar-refractivity contribution in [3.05, 3.63) is 11.3 Å². The second-order valence-corrected chi connectivity index (χ2v) is 7.19. The van der Waals surface area contributed by atoms with Crippen LogP contribution in [0, 0.1) is 12.8 Å². The Bertz CT molecular complexity index is 537. The van der Waals surface area contributed by atoms with E-state index in [0.29, 0.717) is 24.6 Å². The van der Waals surface area contributed by atoms with Crippen LogP contribution in [0.5, 0.6) is 0 Å². The van der Waals surface area contributed by atoms with Crippen molar-refractivity contribution in [1.82, 2.24) is 14.5 Å². The van der Waals surface area contributed by atoms with E-state index in [9.17, 15) is 8.42 Å². The van der Waals surface area contributed by atoms with Gasteiger partial charge < -0.3 is 0 Å². The molecule has 0 amide bonds. The predicted octanol–water partition coefficient (Wildman–Crippen LogP) is 2.27. The zero-order chi connectivity index (χ0) is 14.0. The molecule has 0 bridgehead atoms. The molecular formula is C12H20ClN3O2S. The molecule has 108 valence electrons. The summed E-state index contributed by atoms with van der Waals surface area (Å²) in [6.07, 6.45) is 3.04. The van der Waals surface area contributed by atoms with Crippen LogP contribution in [-0.2, 0) is 15.9 Å². The average Bonchev–Trinajstić information content (AvgIpc) is 3.09. The van der Waals surface area contributed by atoms with E-state index in [0.717, 1.165) is 25.0 Å². The summed E-state index contributed by atoms with van der Waals surface area (Å²) in [4.78, 5) is 0. The fourth-order valence-corrected chi connectivity index (χ4v) is 4.25. The Hall–Kier alpha value is -0.590. The highest BCUT2D eigenvalue weighted by Crippen LogP contribution is 2.32. The Kier molecular flexibility index (Phi) is 4.53. The number of aryl methyl sites for hydroxylation is 1. The van der Waals surface area contributed by atoms with Crippen molar-refractivity contribution in [2.45, 2.75) is 44.0 Å². The Morgan fingerprint density at radius 1 is 1.47 bits per heavy atom. The average molecular weight is 306 g/mol. The van der Waals surface area contributed by atoms with E-state index in [-0.39, 0.29) is 10.9 Å². The van der Waals surface area contributed by atoms with Crippen molar-refractivity contribution in [3.63, 3.8) is 0 Å². The van der Waals surface area contributed by atoms with Gasteiger partial charge in [-0.1, -0.05) is 6.92 Å². The third-order valence-electron chi connectivity index (χ3n) is 3.39. The topological polar surface area (TPSA) is 66.1 Å². The lowest BCUT2D eigenvalue weighted by Gasteiger charge is -2.20. The highest BCUT2D eigenvalue weighted by atomic mass is 35.5. The number of rotatable bonds is 7. The van der Waals surface area contributed by atoms with E-state index in [1.54, 1.807) is 11.2 Å². The normalized spacial score (nSPS) is 16.2. The summed E-state index contributed by atoms with van der Waals surface area (Å²) in [5.41, 5.74) is 1.30. The minimum absolute atomic E-state index is 0.0918. The molecule has 0 unspecified atom stereocenters. The Labute approximate surface area is 119 Å². The summed E-state index contributed by atoms with van der Waals surface area (Å²) in [7, 11) is -3.53. The van der Waals surface area contributed by atoms with Crippen molar-refractivity contribution in [2.75, 3.05) is 13.1 Å². The van der Waals surface area contributed by atoms with E-state index in [2.05, 4.69) is 10.2 Å². The molecule has 0 spiro atoms. The van der Waals surface area contributed by atoms with Gasteiger partial charge in [-0.15, -0.1) is 11.6 Å². The number of hydrogen-bond donors (Lipinski definition) is 1. The summed E-state index contributed by atoms with van der Waals surface area (Å²) in [6.45, 7) is 4.90. The molecule has 0 aromatic carbocycles. The van der Waals surface area contributed by atoms with Crippen LogP contribution in [0.3, 0.4) is 0 Å². The molecule has 1 heterocycles. The minimum Gasteiger partial charge on any atom is -0.281 e. The molecule has 19 heavy (non-hydrogen) atoms. The van der Waals surface area contributed by atoms with Gasteiger partial charge in [-0.3, -0.25) is 5.10 Å². The molecule has 1 saturated carbocycles. The van der Waals surface area contributed by atoms with Crippen LogP contribution < -0.4 is 0 Å². The summed E-state index contributed by atoms with van der Waals surface area (Å²) in [5.74, 6) is 0.668. The van der Waals surface area contributed by atoms with Crippen molar-refractivity contribution in [1.29, 1.82) is 0 Å². The number of aromatic nitrogens is 2. The zero-order valence-electron chi connectivity index (χ0n) is 11.3. The largest absolute Gasteiger partial charge is 0.281 e. The fraction of sp³-hybridized carbons (Fsp3) is 0.750. The number of aromatic amines is 1. The first-order chi connectivity index (χ1) is 9.00. The first kappa shape index (κ1) is 14.8. The van der Waals surface area contributed by atoms with Gasteiger partial charge in [-0.05, 0) is 32.1 Å². The second kappa shape index (κ2) is 5.81. The summed E-state index contributed by atoms with van der Waals surface area (Å²) in [5, 5.41) is 6.76. The third-order valence-corrected chi connectivity index (χ3v) is 5.49. The lowest BCUT2D eigenvalue weighted by atomic mass is 10.3. The van der Waals surface area contributed by atoms with Crippen molar-refractivity contribution >= 4 is 21.6 Å². The molecule has 0 atom stereocenters. The lowest BCUT2D eigenvalue weighted by Crippen LogP contribution is -2.34. The van der Waals surface area contributed by atoms with Gasteiger partial charge in [0.15, 0.2) is 5.03 Å². The standard InChI is InChI=1S/C12H20ClN3O2S/c1-3-6-16(8-10-4-5-10)19(17,18)12-11(7-13)9(2)14-15-12/h10H,3-8H2,1-2H3,(H,14,15). The summed E-state index contributed by atoms with van der Waals surface area (Å²) in [6, 6.07) is 0. The zero-order valence-corrected chi connectivity index (χ0v) is 12.9. The van der Waals surface area contributed by atoms with Crippen LogP contribution in [0.4, 0.5) is 0 Å². The first-order valence-electron chi connectivity index (χ1n) is 6.60. The van der Waals surface area contributed by atoms with E-state index in [4.69, 9.17) is 11.6 Å². The molecule has 1 fully saturated rings. The minimum atomic E-state index is -3.53. The maximum atomic E-state index is 12.7. The van der Waals surface area contributed by atoms with E-state index >= 15 is 0 Å². The lowest BCUT2D eigenvalue weighted by molar-refractivity contribution is 0.393. The van der Waals surface area contributed by atoms with Crippen LogP contribution in [0.15, 0.2) is 5.03 Å². The van der Waals surface area contributed by atoms with Gasteiger partial charge in [0.1, 0.15) is 0 Å². The van der Waals surface area contributed by atoms with Crippen molar-refractivity contribution in [2.24, 2.45) is 5.92 Å². The van der Waals surface area contributed by atoms with Crippen LogP contribution in [0.25, 0.3) is 0 Å². The first-order valence-corrected chi connectivity index (χ1v) is 8.58. The quantitative estimate of drug-likeness (QED) is 0.786. The van der Waals surface area contributed by atoms with E-state index in [1.165, 1.54) is 0 Å². The number of hydrogen-bond acceptors (Lipinski definition) is 3. The fourth-order valence-electron chi connectivity index (χ4n) is 2.07. The molecule has 2 rings (SSSR count). The number of nitrogens with zero attached hydrogens (tertiary/aromatic N) is 2. The second-order valence-electron chi connectivity index (χ2n) is 5.07. The molecule has 1 N–H and O–H groups in total. The number of alkyl halides is 1. The molecule has 0 saturated heterocycles. The number of nitrogens with one attached hydrogen (secondary N) is 1. The van der Waals surface area contributed by atoms with Gasteiger partial charge in [0.2, 0.25) is 0 Å². The summed E-state index contributed by atoms with van der Waals surface area (Å²) >= 11 is 5.84. The highest BCUT2D eigenvalue weighted by Gasteiger charge is 2.34. The molecule has 1 aliphatic carbocycles. The van der Waals surface area contributed by atoms with Gasteiger partial charge in [-0.2, -0.15) is 9.40 Å². The van der Waals surface area contributed by atoms with Gasteiger partial charge in [-0.25, -0.2) is 8.42 Å². The number of H-pyrrole nitrogens is 1. The molecule has 1 aromatic rings. The maximum absolute atomic E-state index is 12.7.